The van der Waals surface area contributed by atoms with E-state index in [-0.39, 0.29) is 11.3 Å². The molecule has 0 aromatic heterocycles. The fraction of sp³-hybridized carbons (Fsp3) is 0.462. The maximum Gasteiger partial charge on any atom is 0.150 e. The zero-order chi connectivity index (χ0) is 13.3. The van der Waals surface area contributed by atoms with Crippen LogP contribution in [0.4, 0.5) is 14.5 Å². The molecule has 1 aromatic rings. The van der Waals surface area contributed by atoms with Crippen molar-refractivity contribution in [2.45, 2.75) is 12.5 Å². The third-order valence-corrected chi connectivity index (χ3v) is 3.39. The Bertz CT molecular complexity index is 439. The van der Waals surface area contributed by atoms with Crippen LogP contribution in [0.1, 0.15) is 16.8 Å². The molecule has 1 aliphatic heterocycles. The van der Waals surface area contributed by atoms with Gasteiger partial charge in [0.25, 0.3) is 0 Å². The highest BCUT2D eigenvalue weighted by atomic mass is 19.1. The van der Waals surface area contributed by atoms with E-state index in [0.717, 1.165) is 18.6 Å². The number of aldehydes is 1. The van der Waals surface area contributed by atoms with Gasteiger partial charge in [0.05, 0.1) is 0 Å². The second-order valence-corrected chi connectivity index (χ2v) is 4.80. The van der Waals surface area contributed by atoms with Crippen LogP contribution in [0, 0.1) is 11.6 Å². The summed E-state index contributed by atoms with van der Waals surface area (Å²) in [7, 11) is 3.91. The van der Waals surface area contributed by atoms with E-state index in [4.69, 9.17) is 0 Å². The van der Waals surface area contributed by atoms with Crippen molar-refractivity contribution in [3.63, 3.8) is 0 Å². The van der Waals surface area contributed by atoms with Gasteiger partial charge < -0.3 is 9.80 Å². The van der Waals surface area contributed by atoms with Gasteiger partial charge >= 0.3 is 0 Å². The highest BCUT2D eigenvalue weighted by Crippen LogP contribution is 2.28. The molecule has 1 unspecified atom stereocenters. The summed E-state index contributed by atoms with van der Waals surface area (Å²) in [4.78, 5) is 14.3. The molecular formula is C13H16F2N2O. The Morgan fingerprint density at radius 2 is 1.94 bits per heavy atom. The number of anilines is 1. The molecular weight excluding hydrogens is 238 g/mol. The van der Waals surface area contributed by atoms with Gasteiger partial charge in [-0.05, 0) is 32.6 Å². The van der Waals surface area contributed by atoms with E-state index >= 15 is 0 Å². The van der Waals surface area contributed by atoms with Gasteiger partial charge in [0.1, 0.15) is 23.6 Å². The van der Waals surface area contributed by atoms with Crippen molar-refractivity contribution in [2.24, 2.45) is 0 Å². The number of halogens is 2. The fourth-order valence-corrected chi connectivity index (χ4v) is 2.32. The van der Waals surface area contributed by atoms with Crippen LogP contribution in [0.2, 0.25) is 0 Å². The first-order valence-corrected chi connectivity index (χ1v) is 5.88. The number of benzene rings is 1. The van der Waals surface area contributed by atoms with Crippen LogP contribution in [0.25, 0.3) is 0 Å². The maximum absolute atomic E-state index is 13.8. The van der Waals surface area contributed by atoms with Crippen LogP contribution in [0.3, 0.4) is 0 Å². The molecule has 1 aliphatic rings. The van der Waals surface area contributed by atoms with Crippen LogP contribution >= 0.6 is 0 Å². The number of nitrogens with zero attached hydrogens (tertiary/aromatic N) is 2. The van der Waals surface area contributed by atoms with Crippen molar-refractivity contribution in [3.05, 3.63) is 29.3 Å². The Morgan fingerprint density at radius 3 is 2.39 bits per heavy atom. The van der Waals surface area contributed by atoms with E-state index in [1.54, 1.807) is 4.90 Å². The van der Waals surface area contributed by atoms with Crippen molar-refractivity contribution in [3.8, 4) is 0 Å². The largest absolute Gasteiger partial charge is 0.365 e. The van der Waals surface area contributed by atoms with Crippen LogP contribution in [-0.2, 0) is 0 Å². The predicted octanol–water partition coefficient (Wildman–Crippen LogP) is 1.92. The highest BCUT2D eigenvalue weighted by Gasteiger charge is 2.28. The average Bonchev–Trinajstić information content (AvgIpc) is 2.77. The van der Waals surface area contributed by atoms with Gasteiger partial charge in [0.2, 0.25) is 0 Å². The van der Waals surface area contributed by atoms with Crippen molar-refractivity contribution < 1.29 is 13.6 Å². The standard InChI is InChI=1S/C13H16F2N2O/c1-16(2)10-3-4-17(7-10)13-11(14)5-9(8-18)6-12(13)15/h5-6,8,10H,3-4,7H2,1-2H3. The van der Waals surface area contributed by atoms with Crippen molar-refractivity contribution in [1.29, 1.82) is 0 Å². The van der Waals surface area contributed by atoms with Gasteiger partial charge in [-0.3, -0.25) is 4.79 Å². The summed E-state index contributed by atoms with van der Waals surface area (Å²) in [6.07, 6.45) is 1.32. The Labute approximate surface area is 105 Å². The fourth-order valence-electron chi connectivity index (χ4n) is 2.32. The van der Waals surface area contributed by atoms with Gasteiger partial charge in [-0.15, -0.1) is 0 Å². The molecule has 0 spiro atoms. The van der Waals surface area contributed by atoms with E-state index in [9.17, 15) is 13.6 Å². The molecule has 0 radical (unpaired) electrons. The molecule has 1 atom stereocenters. The first kappa shape index (κ1) is 13.0. The topological polar surface area (TPSA) is 23.6 Å². The number of carbonyl (C=O) groups excluding carboxylic acids is 1. The molecule has 1 fully saturated rings. The molecule has 2 rings (SSSR count). The smallest absolute Gasteiger partial charge is 0.150 e. The van der Waals surface area contributed by atoms with Crippen molar-refractivity contribution >= 4 is 12.0 Å². The summed E-state index contributed by atoms with van der Waals surface area (Å²) < 4.78 is 27.6. The molecule has 0 amide bonds. The quantitative estimate of drug-likeness (QED) is 0.770. The molecule has 98 valence electrons. The molecule has 0 bridgehead atoms. The average molecular weight is 254 g/mol. The lowest BCUT2D eigenvalue weighted by Gasteiger charge is -2.22. The Hall–Kier alpha value is -1.49. The molecule has 0 saturated carbocycles. The molecule has 18 heavy (non-hydrogen) atoms. The Morgan fingerprint density at radius 1 is 1.33 bits per heavy atom. The number of rotatable bonds is 3. The summed E-state index contributed by atoms with van der Waals surface area (Å²) in [5.74, 6) is -1.34. The summed E-state index contributed by atoms with van der Waals surface area (Å²) >= 11 is 0. The Balaban J connectivity index is 2.27. The lowest BCUT2D eigenvalue weighted by Crippen LogP contribution is -2.32. The molecule has 0 N–H and O–H groups in total. The van der Waals surface area contributed by atoms with E-state index in [1.807, 2.05) is 14.1 Å². The molecule has 1 saturated heterocycles. The second kappa shape index (κ2) is 5.02. The molecule has 1 heterocycles. The molecule has 5 heteroatoms. The van der Waals surface area contributed by atoms with Gasteiger partial charge in [-0.25, -0.2) is 8.78 Å². The third kappa shape index (κ3) is 2.36. The van der Waals surface area contributed by atoms with E-state index in [1.165, 1.54) is 0 Å². The summed E-state index contributed by atoms with van der Waals surface area (Å²) in [5.41, 5.74) is 0.00190. The lowest BCUT2D eigenvalue weighted by molar-refractivity contribution is 0.112. The van der Waals surface area contributed by atoms with E-state index in [0.29, 0.717) is 25.4 Å². The first-order valence-electron chi connectivity index (χ1n) is 5.88. The first-order chi connectivity index (χ1) is 8.52. The SMILES string of the molecule is CN(C)C1CCN(c2c(F)cc(C=O)cc2F)C1. The molecule has 3 nitrogen and oxygen atoms in total. The van der Waals surface area contributed by atoms with Gasteiger partial charge in [-0.2, -0.15) is 0 Å². The monoisotopic (exact) mass is 254 g/mol. The van der Waals surface area contributed by atoms with E-state index < -0.39 is 11.6 Å². The minimum atomic E-state index is -0.670. The van der Waals surface area contributed by atoms with Crippen LogP contribution in [0.15, 0.2) is 12.1 Å². The summed E-state index contributed by atoms with van der Waals surface area (Å²) in [6, 6.07) is 2.46. The van der Waals surface area contributed by atoms with Crippen molar-refractivity contribution in [2.75, 3.05) is 32.1 Å². The maximum atomic E-state index is 13.8. The van der Waals surface area contributed by atoms with E-state index in [2.05, 4.69) is 4.90 Å². The highest BCUT2D eigenvalue weighted by molar-refractivity contribution is 5.76. The number of carbonyl (C=O) groups is 1. The van der Waals surface area contributed by atoms with Gasteiger partial charge in [0, 0.05) is 24.7 Å². The summed E-state index contributed by atoms with van der Waals surface area (Å²) in [6.45, 7) is 1.22. The predicted molar refractivity (Wildman–Crippen MR) is 66.1 cm³/mol. The molecule has 1 aromatic carbocycles. The zero-order valence-electron chi connectivity index (χ0n) is 10.5. The summed E-state index contributed by atoms with van der Waals surface area (Å²) in [5, 5.41) is 0. The minimum Gasteiger partial charge on any atom is -0.365 e. The number of likely N-dealkylation sites (N-methyl/N-ethyl adjacent to an activating group) is 1. The lowest BCUT2D eigenvalue weighted by atomic mass is 10.2. The van der Waals surface area contributed by atoms with Crippen LogP contribution in [0.5, 0.6) is 0 Å². The van der Waals surface area contributed by atoms with Crippen LogP contribution < -0.4 is 4.90 Å². The number of hydrogen-bond acceptors (Lipinski definition) is 3. The van der Waals surface area contributed by atoms with Gasteiger partial charge in [0.15, 0.2) is 0 Å². The normalized spacial score (nSPS) is 19.6. The third-order valence-electron chi connectivity index (χ3n) is 3.39. The minimum absolute atomic E-state index is 0.0232. The zero-order valence-corrected chi connectivity index (χ0v) is 10.5. The molecule has 0 aliphatic carbocycles. The van der Waals surface area contributed by atoms with Gasteiger partial charge in [-0.1, -0.05) is 0 Å². The Kier molecular flexibility index (Phi) is 3.61. The van der Waals surface area contributed by atoms with Crippen LogP contribution in [-0.4, -0.2) is 44.4 Å². The number of hydrogen-bond donors (Lipinski definition) is 0. The van der Waals surface area contributed by atoms with Crippen molar-refractivity contribution in [1.82, 2.24) is 4.90 Å². The second-order valence-electron chi connectivity index (χ2n) is 4.80.